The Hall–Kier alpha value is -1.20. The molecule has 1 aromatic carbocycles. The van der Waals surface area contributed by atoms with Crippen LogP contribution in [0.2, 0.25) is 0 Å². The molecule has 1 aromatic rings. The van der Waals surface area contributed by atoms with E-state index in [0.717, 1.165) is 18.7 Å². The third kappa shape index (κ3) is 3.65. The van der Waals surface area contributed by atoms with Gasteiger partial charge in [-0.25, -0.2) is 0 Å². The van der Waals surface area contributed by atoms with Gasteiger partial charge in [0.05, 0.1) is 5.60 Å². The molecular formula is C13H17F2NO2. The maximum atomic E-state index is 12.1. The molecule has 0 spiro atoms. The molecule has 5 heteroatoms. The first-order valence-corrected chi connectivity index (χ1v) is 6.04. The number of nitrogens with one attached hydrogen (secondary N) is 1. The van der Waals surface area contributed by atoms with E-state index in [1.54, 1.807) is 12.1 Å². The third-order valence-corrected chi connectivity index (χ3v) is 3.19. The van der Waals surface area contributed by atoms with Crippen molar-refractivity contribution in [3.05, 3.63) is 29.8 Å². The number of hydrogen-bond acceptors (Lipinski definition) is 3. The minimum atomic E-state index is -2.82. The normalized spacial score (nSPS) is 18.9. The average molecular weight is 257 g/mol. The first kappa shape index (κ1) is 13.2. The van der Waals surface area contributed by atoms with E-state index in [1.165, 1.54) is 6.07 Å². The molecule has 1 aliphatic heterocycles. The van der Waals surface area contributed by atoms with Gasteiger partial charge in [0.1, 0.15) is 5.75 Å². The van der Waals surface area contributed by atoms with Crippen LogP contribution < -0.4 is 10.1 Å². The predicted molar refractivity (Wildman–Crippen MR) is 63.8 cm³/mol. The van der Waals surface area contributed by atoms with Crippen LogP contribution in [-0.2, 0) is 6.42 Å². The molecule has 1 aliphatic rings. The quantitative estimate of drug-likeness (QED) is 0.866. The van der Waals surface area contributed by atoms with Crippen LogP contribution in [0.5, 0.6) is 5.75 Å². The van der Waals surface area contributed by atoms with Gasteiger partial charge in [0.2, 0.25) is 0 Å². The highest BCUT2D eigenvalue weighted by atomic mass is 19.3. The largest absolute Gasteiger partial charge is 0.435 e. The van der Waals surface area contributed by atoms with Gasteiger partial charge in [-0.2, -0.15) is 8.78 Å². The molecule has 1 saturated heterocycles. The Morgan fingerprint density at radius 1 is 1.33 bits per heavy atom. The fourth-order valence-corrected chi connectivity index (χ4v) is 2.28. The third-order valence-electron chi connectivity index (χ3n) is 3.19. The number of alkyl halides is 2. The molecule has 1 heterocycles. The summed E-state index contributed by atoms with van der Waals surface area (Å²) >= 11 is 0. The minimum absolute atomic E-state index is 0.139. The van der Waals surface area contributed by atoms with Gasteiger partial charge in [-0.05, 0) is 43.6 Å². The van der Waals surface area contributed by atoms with Gasteiger partial charge in [0.15, 0.2) is 0 Å². The summed E-state index contributed by atoms with van der Waals surface area (Å²) in [7, 11) is 0. The molecule has 0 radical (unpaired) electrons. The van der Waals surface area contributed by atoms with Crippen LogP contribution in [0, 0.1) is 0 Å². The highest BCUT2D eigenvalue weighted by molar-refractivity contribution is 5.29. The molecule has 1 fully saturated rings. The van der Waals surface area contributed by atoms with Crippen molar-refractivity contribution in [1.82, 2.24) is 5.32 Å². The van der Waals surface area contributed by atoms with Crippen molar-refractivity contribution in [2.75, 3.05) is 13.1 Å². The Morgan fingerprint density at radius 3 is 2.72 bits per heavy atom. The van der Waals surface area contributed by atoms with Crippen molar-refractivity contribution >= 4 is 0 Å². The van der Waals surface area contributed by atoms with Crippen LogP contribution in [0.15, 0.2) is 24.3 Å². The molecule has 2 rings (SSSR count). The first-order valence-electron chi connectivity index (χ1n) is 6.04. The van der Waals surface area contributed by atoms with Gasteiger partial charge < -0.3 is 15.2 Å². The second-order valence-electron chi connectivity index (χ2n) is 4.68. The van der Waals surface area contributed by atoms with Crippen LogP contribution in [0.1, 0.15) is 18.4 Å². The molecule has 0 aromatic heterocycles. The Kier molecular flexibility index (Phi) is 4.14. The van der Waals surface area contributed by atoms with Gasteiger partial charge in [-0.3, -0.25) is 0 Å². The Morgan fingerprint density at radius 2 is 2.06 bits per heavy atom. The number of hydrogen-bond donors (Lipinski definition) is 2. The van der Waals surface area contributed by atoms with E-state index in [2.05, 4.69) is 10.1 Å². The number of aliphatic hydroxyl groups is 1. The van der Waals surface area contributed by atoms with E-state index in [-0.39, 0.29) is 5.75 Å². The summed E-state index contributed by atoms with van der Waals surface area (Å²) in [4.78, 5) is 0. The Bertz CT molecular complexity index is 392. The number of benzene rings is 1. The summed E-state index contributed by atoms with van der Waals surface area (Å²) in [6.45, 7) is -1.25. The topological polar surface area (TPSA) is 41.5 Å². The van der Waals surface area contributed by atoms with E-state index in [4.69, 9.17) is 0 Å². The Balaban J connectivity index is 2.04. The van der Waals surface area contributed by atoms with Crippen molar-refractivity contribution in [2.45, 2.75) is 31.5 Å². The molecule has 3 nitrogen and oxygen atoms in total. The second-order valence-corrected chi connectivity index (χ2v) is 4.68. The maximum Gasteiger partial charge on any atom is 0.387 e. The second kappa shape index (κ2) is 5.63. The van der Waals surface area contributed by atoms with Gasteiger partial charge in [-0.15, -0.1) is 0 Å². The molecule has 100 valence electrons. The van der Waals surface area contributed by atoms with Gasteiger partial charge >= 0.3 is 6.61 Å². The molecule has 0 unspecified atom stereocenters. The minimum Gasteiger partial charge on any atom is -0.435 e. The average Bonchev–Trinajstić information content (AvgIpc) is 2.28. The van der Waals surface area contributed by atoms with Crippen molar-refractivity contribution in [2.24, 2.45) is 0 Å². The zero-order valence-corrected chi connectivity index (χ0v) is 10.0. The van der Waals surface area contributed by atoms with E-state index < -0.39 is 12.2 Å². The molecule has 0 amide bonds. The van der Waals surface area contributed by atoms with E-state index in [9.17, 15) is 13.9 Å². The number of ether oxygens (including phenoxy) is 1. The SMILES string of the molecule is OC1(Cc2cccc(OC(F)F)c2)CCNCC1. The fraction of sp³-hybridized carbons (Fsp3) is 0.538. The van der Waals surface area contributed by atoms with Gasteiger partial charge in [0.25, 0.3) is 0 Å². The number of piperidine rings is 1. The maximum absolute atomic E-state index is 12.1. The van der Waals surface area contributed by atoms with E-state index in [1.807, 2.05) is 6.07 Å². The van der Waals surface area contributed by atoms with Crippen LogP contribution in [0.3, 0.4) is 0 Å². The molecule has 0 bridgehead atoms. The Labute approximate surface area is 105 Å². The summed E-state index contributed by atoms with van der Waals surface area (Å²) in [5.41, 5.74) is 0.0758. The summed E-state index contributed by atoms with van der Waals surface area (Å²) in [6.07, 6.45) is 1.81. The van der Waals surface area contributed by atoms with Crippen molar-refractivity contribution < 1.29 is 18.6 Å². The molecule has 0 atom stereocenters. The lowest BCUT2D eigenvalue weighted by Crippen LogP contribution is -2.43. The lowest BCUT2D eigenvalue weighted by molar-refractivity contribution is -0.0499. The van der Waals surface area contributed by atoms with Crippen LogP contribution in [-0.4, -0.2) is 30.4 Å². The van der Waals surface area contributed by atoms with Crippen molar-refractivity contribution in [3.63, 3.8) is 0 Å². The monoisotopic (exact) mass is 257 g/mol. The number of rotatable bonds is 4. The van der Waals surface area contributed by atoms with Gasteiger partial charge in [-0.1, -0.05) is 12.1 Å². The predicted octanol–water partition coefficient (Wildman–Crippen LogP) is 1.94. The van der Waals surface area contributed by atoms with Crippen LogP contribution in [0.4, 0.5) is 8.78 Å². The molecule has 2 N–H and O–H groups in total. The molecule has 18 heavy (non-hydrogen) atoms. The smallest absolute Gasteiger partial charge is 0.387 e. The summed E-state index contributed by atoms with van der Waals surface area (Å²) < 4.78 is 28.6. The zero-order chi connectivity index (χ0) is 13.0. The standard InChI is InChI=1S/C13H17F2NO2/c14-12(15)18-11-3-1-2-10(8-11)9-13(17)4-6-16-7-5-13/h1-3,8,12,16-17H,4-7,9H2. The van der Waals surface area contributed by atoms with Crippen LogP contribution in [0.25, 0.3) is 0 Å². The van der Waals surface area contributed by atoms with E-state index >= 15 is 0 Å². The van der Waals surface area contributed by atoms with Crippen LogP contribution >= 0.6 is 0 Å². The highest BCUT2D eigenvalue weighted by Crippen LogP contribution is 2.25. The van der Waals surface area contributed by atoms with Gasteiger partial charge in [0, 0.05) is 6.42 Å². The molecular weight excluding hydrogens is 240 g/mol. The highest BCUT2D eigenvalue weighted by Gasteiger charge is 2.29. The summed E-state index contributed by atoms with van der Waals surface area (Å²) in [5.74, 6) is 0.139. The fourth-order valence-electron chi connectivity index (χ4n) is 2.28. The van der Waals surface area contributed by atoms with Crippen molar-refractivity contribution in [1.29, 1.82) is 0 Å². The van der Waals surface area contributed by atoms with Crippen molar-refractivity contribution in [3.8, 4) is 5.75 Å². The summed E-state index contributed by atoms with van der Waals surface area (Å²) in [6, 6.07) is 6.53. The molecule has 0 aliphatic carbocycles. The number of halogens is 2. The molecule has 0 saturated carbocycles. The van der Waals surface area contributed by atoms with E-state index in [0.29, 0.717) is 19.3 Å². The summed E-state index contributed by atoms with van der Waals surface area (Å²) in [5, 5.41) is 13.5. The zero-order valence-electron chi connectivity index (χ0n) is 10.0. The first-order chi connectivity index (χ1) is 8.57. The lowest BCUT2D eigenvalue weighted by Gasteiger charge is -2.32. The lowest BCUT2D eigenvalue weighted by atomic mass is 9.86.